The molecule has 7 heteroatoms. The van der Waals surface area contributed by atoms with E-state index in [-0.39, 0.29) is 17.0 Å². The fourth-order valence-electron chi connectivity index (χ4n) is 3.75. The van der Waals surface area contributed by atoms with E-state index in [0.29, 0.717) is 16.8 Å². The molecule has 0 saturated carbocycles. The molecule has 0 aliphatic carbocycles. The zero-order valence-electron chi connectivity index (χ0n) is 16.5. The van der Waals surface area contributed by atoms with Gasteiger partial charge in [0.1, 0.15) is 11.2 Å². The number of nitrogen functional groups attached to an aromatic ring is 1. The highest BCUT2D eigenvalue weighted by Gasteiger charge is 2.52. The molecule has 0 bridgehead atoms. The van der Waals surface area contributed by atoms with Crippen LogP contribution in [-0.4, -0.2) is 11.0 Å². The average Bonchev–Trinajstić information content (AvgIpc) is 3.01. The number of terminal acetylenes is 1. The van der Waals surface area contributed by atoms with Crippen molar-refractivity contribution >= 4 is 17.3 Å². The van der Waals surface area contributed by atoms with Crippen LogP contribution in [0.15, 0.2) is 66.7 Å². The van der Waals surface area contributed by atoms with Crippen molar-refractivity contribution in [1.82, 2.24) is 0 Å². The van der Waals surface area contributed by atoms with E-state index in [9.17, 15) is 23.1 Å². The van der Waals surface area contributed by atoms with Crippen LogP contribution in [0, 0.1) is 12.3 Å². The minimum Gasteiger partial charge on any atom is -0.508 e. The number of rotatable bonds is 2. The molecular formula is C24H19F3N2O2. The number of aromatic hydroxyl groups is 1. The number of carbonyl (C=O) groups excluding carboxylic acids is 1. The van der Waals surface area contributed by atoms with Crippen molar-refractivity contribution in [3.05, 3.63) is 89.0 Å². The zero-order valence-corrected chi connectivity index (χ0v) is 16.5. The van der Waals surface area contributed by atoms with E-state index in [1.807, 2.05) is 0 Å². The van der Waals surface area contributed by atoms with Gasteiger partial charge in [-0.05, 0) is 48.4 Å². The average molecular weight is 424 g/mol. The predicted octanol–water partition coefficient (Wildman–Crippen LogP) is 4.92. The Morgan fingerprint density at radius 1 is 1.00 bits per heavy atom. The molecule has 1 unspecified atom stereocenters. The van der Waals surface area contributed by atoms with Crippen LogP contribution in [0.25, 0.3) is 0 Å². The standard InChI is InChI=1S/C21H15F3N2O2.C3H4/c22-21(23,24)17-3-1-2-16-18(17)26-19(28)20(16,12-4-8-14(25)9-5-12)13-6-10-15(27)11-7-13;1-3-2/h1-11,27H,25H2,(H,26,28);1H,2H3. The summed E-state index contributed by atoms with van der Waals surface area (Å²) in [6.45, 7) is 1.65. The first-order valence-corrected chi connectivity index (χ1v) is 9.21. The minimum atomic E-state index is -4.62. The van der Waals surface area contributed by atoms with Crippen LogP contribution in [0.4, 0.5) is 24.5 Å². The Bertz CT molecular complexity index is 1100. The van der Waals surface area contributed by atoms with Gasteiger partial charge in [0.15, 0.2) is 0 Å². The number of halogens is 3. The Hall–Kier alpha value is -3.92. The number of hydrogen-bond donors (Lipinski definition) is 3. The number of anilines is 2. The predicted molar refractivity (Wildman–Crippen MR) is 113 cm³/mol. The number of nitrogens with one attached hydrogen (secondary N) is 1. The van der Waals surface area contributed by atoms with Gasteiger partial charge in [0.05, 0.1) is 11.3 Å². The molecule has 31 heavy (non-hydrogen) atoms. The highest BCUT2D eigenvalue weighted by molar-refractivity contribution is 6.12. The van der Waals surface area contributed by atoms with Crippen LogP contribution in [-0.2, 0) is 16.4 Å². The largest absolute Gasteiger partial charge is 0.508 e. The highest BCUT2D eigenvalue weighted by atomic mass is 19.4. The lowest BCUT2D eigenvalue weighted by Crippen LogP contribution is -2.36. The second-order valence-corrected chi connectivity index (χ2v) is 6.89. The summed E-state index contributed by atoms with van der Waals surface area (Å²) < 4.78 is 40.6. The number of benzene rings is 3. The van der Waals surface area contributed by atoms with E-state index in [1.165, 1.54) is 36.4 Å². The fraction of sp³-hybridized carbons (Fsp3) is 0.125. The van der Waals surface area contributed by atoms with Crippen molar-refractivity contribution in [2.45, 2.75) is 18.5 Å². The Morgan fingerprint density at radius 2 is 1.52 bits per heavy atom. The topological polar surface area (TPSA) is 75.3 Å². The molecule has 1 amide bonds. The third-order valence-corrected chi connectivity index (χ3v) is 5.00. The summed E-state index contributed by atoms with van der Waals surface area (Å²) in [5, 5.41) is 12.1. The van der Waals surface area contributed by atoms with Gasteiger partial charge >= 0.3 is 6.18 Å². The van der Waals surface area contributed by atoms with Crippen molar-refractivity contribution in [3.8, 4) is 18.1 Å². The molecule has 0 saturated heterocycles. The number of hydrogen-bond acceptors (Lipinski definition) is 3. The highest BCUT2D eigenvalue weighted by Crippen LogP contribution is 2.51. The fourth-order valence-corrected chi connectivity index (χ4v) is 3.75. The first kappa shape index (κ1) is 21.8. The molecule has 4 rings (SSSR count). The molecule has 0 aromatic heterocycles. The lowest BCUT2D eigenvalue weighted by molar-refractivity contribution is -0.136. The number of phenols is 1. The third kappa shape index (κ3) is 3.68. The second-order valence-electron chi connectivity index (χ2n) is 6.89. The van der Waals surface area contributed by atoms with Crippen LogP contribution < -0.4 is 11.1 Å². The minimum absolute atomic E-state index is 0.0149. The Labute approximate surface area is 177 Å². The maximum Gasteiger partial charge on any atom is 0.418 e. The normalized spacial score (nSPS) is 17.1. The van der Waals surface area contributed by atoms with Crippen LogP contribution in [0.3, 0.4) is 0 Å². The zero-order chi connectivity index (χ0) is 22.8. The molecule has 4 N–H and O–H groups in total. The molecule has 1 aliphatic heterocycles. The molecule has 1 heterocycles. The maximum atomic E-state index is 13.5. The van der Waals surface area contributed by atoms with Gasteiger partial charge in [-0.2, -0.15) is 13.2 Å². The van der Waals surface area contributed by atoms with Crippen molar-refractivity contribution < 1.29 is 23.1 Å². The molecule has 0 spiro atoms. The number of para-hydroxylation sites is 1. The summed E-state index contributed by atoms with van der Waals surface area (Å²) in [5.41, 5.74) is 4.66. The van der Waals surface area contributed by atoms with Crippen LogP contribution in [0.2, 0.25) is 0 Å². The molecule has 0 fully saturated rings. The van der Waals surface area contributed by atoms with E-state index in [1.54, 1.807) is 31.2 Å². The molecule has 158 valence electrons. The Kier molecular flexibility index (Phi) is 5.67. The van der Waals surface area contributed by atoms with E-state index in [2.05, 4.69) is 17.7 Å². The van der Waals surface area contributed by atoms with Gasteiger partial charge in [-0.1, -0.05) is 36.4 Å². The smallest absolute Gasteiger partial charge is 0.418 e. The summed E-state index contributed by atoms with van der Waals surface area (Å²) in [5.74, 6) is 1.63. The molecule has 0 radical (unpaired) electrons. The molecule has 1 aliphatic rings. The number of amides is 1. The first-order chi connectivity index (χ1) is 14.7. The summed E-state index contributed by atoms with van der Waals surface area (Å²) in [6, 6.07) is 16.0. The third-order valence-electron chi connectivity index (χ3n) is 5.00. The summed E-state index contributed by atoms with van der Waals surface area (Å²) in [7, 11) is 0. The molecule has 1 atom stereocenters. The van der Waals surface area contributed by atoms with Crippen molar-refractivity contribution in [2.24, 2.45) is 0 Å². The molecule has 3 aromatic carbocycles. The lowest BCUT2D eigenvalue weighted by Gasteiger charge is -2.29. The van der Waals surface area contributed by atoms with Crippen LogP contribution in [0.1, 0.15) is 29.2 Å². The van der Waals surface area contributed by atoms with E-state index < -0.39 is 23.1 Å². The number of fused-ring (bicyclic) bond motifs is 1. The number of alkyl halides is 3. The van der Waals surface area contributed by atoms with Crippen molar-refractivity contribution in [1.29, 1.82) is 0 Å². The maximum absolute atomic E-state index is 13.5. The lowest BCUT2D eigenvalue weighted by atomic mass is 9.70. The van der Waals surface area contributed by atoms with Gasteiger partial charge in [0.25, 0.3) is 0 Å². The van der Waals surface area contributed by atoms with Gasteiger partial charge in [-0.3, -0.25) is 4.79 Å². The van der Waals surface area contributed by atoms with Gasteiger partial charge in [0, 0.05) is 11.3 Å². The van der Waals surface area contributed by atoms with E-state index in [0.717, 1.165) is 6.07 Å². The number of carbonyl (C=O) groups is 1. The van der Waals surface area contributed by atoms with Crippen LogP contribution >= 0.6 is 0 Å². The van der Waals surface area contributed by atoms with E-state index >= 15 is 0 Å². The first-order valence-electron chi connectivity index (χ1n) is 9.21. The monoisotopic (exact) mass is 424 g/mol. The SMILES string of the molecule is C#CC.Nc1ccc(C2(c3ccc(O)cc3)C(=O)Nc3c(C(F)(F)F)cccc32)cc1. The summed E-state index contributed by atoms with van der Waals surface area (Å²) in [4.78, 5) is 13.2. The van der Waals surface area contributed by atoms with Gasteiger partial charge in [-0.15, -0.1) is 12.3 Å². The van der Waals surface area contributed by atoms with Crippen molar-refractivity contribution in [3.63, 3.8) is 0 Å². The molecule has 4 nitrogen and oxygen atoms in total. The van der Waals surface area contributed by atoms with Crippen molar-refractivity contribution in [2.75, 3.05) is 11.1 Å². The van der Waals surface area contributed by atoms with E-state index in [4.69, 9.17) is 5.73 Å². The quantitative estimate of drug-likeness (QED) is 0.404. The van der Waals surface area contributed by atoms with Crippen LogP contribution in [0.5, 0.6) is 5.75 Å². The van der Waals surface area contributed by atoms with Gasteiger partial charge in [-0.25, -0.2) is 0 Å². The molecule has 3 aromatic rings. The number of nitrogens with two attached hydrogens (primary N) is 1. The number of phenolic OH excluding ortho intramolecular Hbond substituents is 1. The summed E-state index contributed by atoms with van der Waals surface area (Å²) >= 11 is 0. The molecular weight excluding hydrogens is 405 g/mol. The second kappa shape index (κ2) is 8.07. The summed E-state index contributed by atoms with van der Waals surface area (Å²) in [6.07, 6.45) is -0.0230. The van der Waals surface area contributed by atoms with Gasteiger partial charge in [0.2, 0.25) is 5.91 Å². The Balaban J connectivity index is 0.000000858. The Morgan fingerprint density at radius 3 is 2.03 bits per heavy atom. The van der Waals surface area contributed by atoms with Gasteiger partial charge < -0.3 is 16.2 Å².